The van der Waals surface area contributed by atoms with Crippen molar-refractivity contribution in [3.63, 3.8) is 0 Å². The molecule has 3 heterocycles. The molecule has 9 nitrogen and oxygen atoms in total. The van der Waals surface area contributed by atoms with E-state index in [2.05, 4.69) is 25.9 Å². The first-order valence-corrected chi connectivity index (χ1v) is 9.60. The summed E-state index contributed by atoms with van der Waals surface area (Å²) in [4.78, 5) is 24.7. The highest BCUT2D eigenvalue weighted by Crippen LogP contribution is 2.21. The molecule has 144 valence electrons. The first-order chi connectivity index (χ1) is 13.1. The Labute approximate surface area is 157 Å². The Balaban J connectivity index is 1.30. The smallest absolute Gasteiger partial charge is 0.241 e. The van der Waals surface area contributed by atoms with Gasteiger partial charge in [0.1, 0.15) is 18.2 Å². The van der Waals surface area contributed by atoms with Crippen LogP contribution in [0.5, 0.6) is 0 Å². The summed E-state index contributed by atoms with van der Waals surface area (Å²) in [5.41, 5.74) is 0.611. The second-order valence-electron chi connectivity index (χ2n) is 7.47. The van der Waals surface area contributed by atoms with Gasteiger partial charge in [0.25, 0.3) is 0 Å². The molecule has 2 aliphatic rings. The minimum absolute atomic E-state index is 0.0363. The molecule has 0 bridgehead atoms. The summed E-state index contributed by atoms with van der Waals surface area (Å²) in [6.07, 6.45) is 9.26. The fraction of sp³-hybridized carbons (Fsp3) is 0.611. The maximum Gasteiger partial charge on any atom is 0.241 e. The number of anilines is 1. The fourth-order valence-corrected chi connectivity index (χ4v) is 3.93. The fourth-order valence-electron chi connectivity index (χ4n) is 3.93. The van der Waals surface area contributed by atoms with Gasteiger partial charge >= 0.3 is 0 Å². The molecule has 0 aromatic carbocycles. The van der Waals surface area contributed by atoms with Crippen molar-refractivity contribution in [1.82, 2.24) is 29.9 Å². The van der Waals surface area contributed by atoms with Crippen molar-refractivity contribution in [2.24, 2.45) is 5.92 Å². The number of hydrogen-bond donors (Lipinski definition) is 2. The minimum Gasteiger partial charge on any atom is -0.352 e. The molecule has 2 aromatic heterocycles. The molecule has 1 aliphatic carbocycles. The van der Waals surface area contributed by atoms with Crippen LogP contribution >= 0.6 is 0 Å². The van der Waals surface area contributed by atoms with Crippen molar-refractivity contribution < 1.29 is 9.59 Å². The van der Waals surface area contributed by atoms with Crippen LogP contribution in [0.25, 0.3) is 0 Å². The highest BCUT2D eigenvalue weighted by molar-refractivity contribution is 5.92. The van der Waals surface area contributed by atoms with Gasteiger partial charge in [-0.1, -0.05) is 12.8 Å². The van der Waals surface area contributed by atoms with E-state index in [1.807, 2.05) is 11.5 Å². The average molecular weight is 371 g/mol. The molecule has 1 fully saturated rings. The molecule has 1 aliphatic heterocycles. The van der Waals surface area contributed by atoms with Crippen molar-refractivity contribution in [1.29, 1.82) is 0 Å². The highest BCUT2D eigenvalue weighted by atomic mass is 16.2. The van der Waals surface area contributed by atoms with E-state index in [1.165, 1.54) is 12.8 Å². The summed E-state index contributed by atoms with van der Waals surface area (Å²) in [5, 5.41) is 18.3. The normalized spacial score (nSPS) is 19.7. The average Bonchev–Trinajstić information content (AvgIpc) is 3.38. The van der Waals surface area contributed by atoms with E-state index in [4.69, 9.17) is 0 Å². The zero-order chi connectivity index (χ0) is 18.8. The molecule has 2 amide bonds. The Kier molecular flexibility index (Phi) is 4.91. The van der Waals surface area contributed by atoms with Gasteiger partial charge < -0.3 is 15.2 Å². The maximum atomic E-state index is 12.6. The molecular formula is C18H25N7O2. The molecule has 0 unspecified atom stereocenters. The van der Waals surface area contributed by atoms with Crippen molar-refractivity contribution in [3.05, 3.63) is 24.0 Å². The van der Waals surface area contributed by atoms with E-state index in [-0.39, 0.29) is 24.3 Å². The van der Waals surface area contributed by atoms with Crippen molar-refractivity contribution in [2.75, 3.05) is 5.32 Å². The standard InChI is InChI=1S/C18H25N7O2/c1-12-22-23-16-7-6-13(9-25(12)16)18(27)21-15-8-19-24(10-15)11-17(26)20-14-4-2-3-5-14/h8,10,13-14H,2-7,9,11H2,1H3,(H,20,26)(H,21,27)/t13-/m1/s1. The maximum absolute atomic E-state index is 12.6. The lowest BCUT2D eigenvalue weighted by molar-refractivity contribution is -0.122. The molecule has 0 radical (unpaired) electrons. The van der Waals surface area contributed by atoms with Gasteiger partial charge in [0, 0.05) is 25.2 Å². The van der Waals surface area contributed by atoms with Gasteiger partial charge in [-0.25, -0.2) is 0 Å². The van der Waals surface area contributed by atoms with Crippen LogP contribution in [0.1, 0.15) is 43.8 Å². The van der Waals surface area contributed by atoms with Crippen molar-refractivity contribution in [2.45, 2.75) is 64.6 Å². The zero-order valence-corrected chi connectivity index (χ0v) is 15.5. The molecule has 4 rings (SSSR count). The number of nitrogens with one attached hydrogen (secondary N) is 2. The first kappa shape index (κ1) is 17.7. The summed E-state index contributed by atoms with van der Waals surface area (Å²) >= 11 is 0. The van der Waals surface area contributed by atoms with Crippen LogP contribution in [0, 0.1) is 12.8 Å². The Morgan fingerprint density at radius 3 is 2.85 bits per heavy atom. The summed E-state index contributed by atoms with van der Waals surface area (Å²) in [7, 11) is 0. The Bertz CT molecular complexity index is 835. The Morgan fingerprint density at radius 1 is 1.22 bits per heavy atom. The van der Waals surface area contributed by atoms with E-state index in [1.54, 1.807) is 17.1 Å². The lowest BCUT2D eigenvalue weighted by atomic mass is 9.98. The van der Waals surface area contributed by atoms with Gasteiger partial charge in [-0.05, 0) is 26.2 Å². The third-order valence-corrected chi connectivity index (χ3v) is 5.43. The quantitative estimate of drug-likeness (QED) is 0.817. The number of fused-ring (bicyclic) bond motifs is 1. The molecule has 9 heteroatoms. The number of rotatable bonds is 5. The predicted octanol–water partition coefficient (Wildman–Crippen LogP) is 1.04. The van der Waals surface area contributed by atoms with Crippen LogP contribution in [0.15, 0.2) is 12.4 Å². The van der Waals surface area contributed by atoms with E-state index in [0.717, 1.165) is 37.3 Å². The van der Waals surface area contributed by atoms with Crippen LogP contribution < -0.4 is 10.6 Å². The topological polar surface area (TPSA) is 107 Å². The van der Waals surface area contributed by atoms with Crippen LogP contribution in [0.2, 0.25) is 0 Å². The predicted molar refractivity (Wildman–Crippen MR) is 97.8 cm³/mol. The lowest BCUT2D eigenvalue weighted by Gasteiger charge is -2.22. The molecule has 1 atom stereocenters. The SMILES string of the molecule is Cc1nnc2n1C[C@H](C(=O)Nc1cnn(CC(=O)NC3CCCC3)c1)CC2. The summed E-state index contributed by atoms with van der Waals surface area (Å²) < 4.78 is 3.56. The third-order valence-electron chi connectivity index (χ3n) is 5.43. The third kappa shape index (κ3) is 4.01. The van der Waals surface area contributed by atoms with E-state index < -0.39 is 0 Å². The number of amides is 2. The van der Waals surface area contributed by atoms with Gasteiger partial charge in [-0.15, -0.1) is 10.2 Å². The minimum atomic E-state index is -0.124. The second kappa shape index (κ2) is 7.50. The summed E-state index contributed by atoms with van der Waals surface area (Å²) in [6, 6.07) is 0.296. The molecule has 0 saturated heterocycles. The summed E-state index contributed by atoms with van der Waals surface area (Å²) in [6.45, 7) is 2.66. The molecule has 2 N–H and O–H groups in total. The van der Waals surface area contributed by atoms with Crippen LogP contribution in [-0.2, 0) is 29.1 Å². The van der Waals surface area contributed by atoms with E-state index in [0.29, 0.717) is 18.3 Å². The Morgan fingerprint density at radius 2 is 2.04 bits per heavy atom. The largest absolute Gasteiger partial charge is 0.352 e. The van der Waals surface area contributed by atoms with Crippen LogP contribution in [0.4, 0.5) is 5.69 Å². The number of hydrogen-bond acceptors (Lipinski definition) is 5. The molecule has 2 aromatic rings. The number of aryl methyl sites for hydroxylation is 2. The monoisotopic (exact) mass is 371 g/mol. The molecule has 1 saturated carbocycles. The van der Waals surface area contributed by atoms with Gasteiger partial charge in [-0.2, -0.15) is 5.10 Å². The van der Waals surface area contributed by atoms with Gasteiger partial charge in [-0.3, -0.25) is 14.3 Å². The number of aromatic nitrogens is 5. The lowest BCUT2D eigenvalue weighted by Crippen LogP contribution is -2.35. The zero-order valence-electron chi connectivity index (χ0n) is 15.5. The second-order valence-corrected chi connectivity index (χ2v) is 7.47. The highest BCUT2D eigenvalue weighted by Gasteiger charge is 2.27. The first-order valence-electron chi connectivity index (χ1n) is 9.60. The van der Waals surface area contributed by atoms with Crippen LogP contribution in [0.3, 0.4) is 0 Å². The van der Waals surface area contributed by atoms with E-state index in [9.17, 15) is 9.59 Å². The number of carbonyl (C=O) groups excluding carboxylic acids is 2. The van der Waals surface area contributed by atoms with E-state index >= 15 is 0 Å². The van der Waals surface area contributed by atoms with Crippen LogP contribution in [-0.4, -0.2) is 42.4 Å². The van der Waals surface area contributed by atoms with Gasteiger partial charge in [0.05, 0.1) is 17.8 Å². The molecule has 27 heavy (non-hydrogen) atoms. The molecular weight excluding hydrogens is 346 g/mol. The molecule has 0 spiro atoms. The number of nitrogens with zero attached hydrogens (tertiary/aromatic N) is 5. The number of carbonyl (C=O) groups is 2. The van der Waals surface area contributed by atoms with Crippen molar-refractivity contribution >= 4 is 17.5 Å². The van der Waals surface area contributed by atoms with Gasteiger partial charge in [0.15, 0.2) is 0 Å². The van der Waals surface area contributed by atoms with Gasteiger partial charge in [0.2, 0.25) is 11.8 Å². The Hall–Kier alpha value is -2.71. The van der Waals surface area contributed by atoms with Crippen molar-refractivity contribution in [3.8, 4) is 0 Å². The summed E-state index contributed by atoms with van der Waals surface area (Å²) in [5.74, 6) is 1.58.